The van der Waals surface area contributed by atoms with Crippen LogP contribution in [0, 0.1) is 11.8 Å². The van der Waals surface area contributed by atoms with Gasteiger partial charge in [-0.25, -0.2) is 0 Å². The molecule has 3 atom stereocenters. The van der Waals surface area contributed by atoms with Crippen LogP contribution in [-0.2, 0) is 16.0 Å². The number of allylic oxidation sites excluding steroid dienone is 2. The second-order valence-electron chi connectivity index (χ2n) is 8.40. The number of fused-ring (bicyclic) bond motifs is 3. The fraction of sp³-hybridized carbons (Fsp3) is 0.435. The Morgan fingerprint density at radius 2 is 2.00 bits per heavy atom. The minimum atomic E-state index is -2.48. The second kappa shape index (κ2) is 7.53. The fourth-order valence-electron chi connectivity index (χ4n) is 4.99. The molecule has 1 amide bonds. The molecule has 0 saturated carbocycles. The average molecular weight is 427 g/mol. The van der Waals surface area contributed by atoms with E-state index in [-0.39, 0.29) is 18.4 Å². The number of ether oxygens (including phenoxy) is 1. The van der Waals surface area contributed by atoms with Crippen LogP contribution in [0.1, 0.15) is 48.5 Å². The molecule has 0 spiro atoms. The van der Waals surface area contributed by atoms with Crippen molar-refractivity contribution in [1.29, 1.82) is 0 Å². The van der Waals surface area contributed by atoms with E-state index in [1.165, 1.54) is 0 Å². The topological polar surface area (TPSA) is 147 Å². The van der Waals surface area contributed by atoms with Crippen molar-refractivity contribution in [2.45, 2.75) is 44.6 Å². The first-order valence-electron chi connectivity index (χ1n) is 10.4. The quantitative estimate of drug-likeness (QED) is 0.415. The lowest BCUT2D eigenvalue weighted by atomic mass is 9.60. The van der Waals surface area contributed by atoms with E-state index in [2.05, 4.69) is 0 Å². The molecule has 8 nitrogen and oxygen atoms in total. The summed E-state index contributed by atoms with van der Waals surface area (Å²) in [6, 6.07) is 5.31. The molecule has 31 heavy (non-hydrogen) atoms. The highest BCUT2D eigenvalue weighted by molar-refractivity contribution is 6.24. The Morgan fingerprint density at radius 1 is 1.26 bits per heavy atom. The Bertz CT molecular complexity index is 1050. The number of nitrogens with two attached hydrogens (primary N) is 1. The van der Waals surface area contributed by atoms with Gasteiger partial charge >= 0.3 is 0 Å². The first-order chi connectivity index (χ1) is 14.7. The number of hydrogen-bond donors (Lipinski definition) is 4. The third-order valence-corrected chi connectivity index (χ3v) is 6.54. The number of carbonyl (C=O) groups excluding carboxylic acids is 3. The third-order valence-electron chi connectivity index (χ3n) is 6.54. The smallest absolute Gasteiger partial charge is 0.255 e. The summed E-state index contributed by atoms with van der Waals surface area (Å²) in [6.07, 6.45) is 2.14. The zero-order valence-corrected chi connectivity index (χ0v) is 17.2. The van der Waals surface area contributed by atoms with E-state index in [0.717, 1.165) is 18.4 Å². The number of carbonyl (C=O) groups is 3. The largest absolute Gasteiger partial charge is 0.511 e. The van der Waals surface area contributed by atoms with Crippen LogP contribution in [0.3, 0.4) is 0 Å². The van der Waals surface area contributed by atoms with E-state index in [1.807, 2.05) is 13.0 Å². The van der Waals surface area contributed by atoms with Crippen molar-refractivity contribution in [1.82, 2.24) is 0 Å². The number of aliphatic hydroxyl groups is 3. The summed E-state index contributed by atoms with van der Waals surface area (Å²) in [6.45, 7) is 2.46. The molecule has 3 aliphatic rings. The predicted octanol–water partition coefficient (Wildman–Crippen LogP) is 2.05. The van der Waals surface area contributed by atoms with Crippen molar-refractivity contribution in [3.63, 3.8) is 0 Å². The standard InChI is InChI=1S/C23H25NO7/c1-2-3-7-31-15-6-4-5-11-8-12-9-13-10-14(25)18(22(24)29)21(28)23(13,30)20(27)17(12)19(26)16(11)15/h4-6,12-13,25,27,30H,2-3,7-10H2,1H3,(H2,24,29)/t12-,13-,23-/m0/s1. The molecule has 1 aromatic rings. The van der Waals surface area contributed by atoms with Gasteiger partial charge in [-0.1, -0.05) is 25.5 Å². The highest BCUT2D eigenvalue weighted by Gasteiger charge is 2.59. The van der Waals surface area contributed by atoms with Crippen molar-refractivity contribution < 1.29 is 34.4 Å². The monoisotopic (exact) mass is 427 g/mol. The van der Waals surface area contributed by atoms with Gasteiger partial charge in [-0.15, -0.1) is 0 Å². The lowest BCUT2D eigenvalue weighted by molar-refractivity contribution is -0.144. The number of amides is 1. The molecule has 0 bridgehead atoms. The van der Waals surface area contributed by atoms with Crippen LogP contribution in [-0.4, -0.2) is 45.0 Å². The van der Waals surface area contributed by atoms with Gasteiger partial charge in [0.05, 0.1) is 12.2 Å². The zero-order chi connectivity index (χ0) is 22.5. The molecule has 0 radical (unpaired) electrons. The molecule has 0 unspecified atom stereocenters. The van der Waals surface area contributed by atoms with Crippen LogP contribution in [0.2, 0.25) is 0 Å². The third kappa shape index (κ3) is 3.05. The minimum Gasteiger partial charge on any atom is -0.511 e. The van der Waals surface area contributed by atoms with Crippen LogP contribution in [0.15, 0.2) is 40.9 Å². The number of Topliss-reactive ketones (excluding diaryl/α,β-unsaturated/α-hetero) is 2. The Hall–Kier alpha value is -3.13. The van der Waals surface area contributed by atoms with Crippen molar-refractivity contribution >= 4 is 17.5 Å². The number of hydrogen-bond acceptors (Lipinski definition) is 7. The van der Waals surface area contributed by atoms with E-state index in [9.17, 15) is 29.7 Å². The number of unbranched alkanes of at least 4 members (excludes halogenated alkanes) is 1. The fourth-order valence-corrected chi connectivity index (χ4v) is 4.99. The van der Waals surface area contributed by atoms with Crippen molar-refractivity contribution in [2.75, 3.05) is 6.61 Å². The molecule has 0 aromatic heterocycles. The van der Waals surface area contributed by atoms with Gasteiger partial charge in [-0.2, -0.15) is 0 Å². The van der Waals surface area contributed by atoms with E-state index >= 15 is 0 Å². The molecule has 0 heterocycles. The minimum absolute atomic E-state index is 0.0450. The molecule has 0 saturated heterocycles. The summed E-state index contributed by atoms with van der Waals surface area (Å²) in [5.74, 6) is -5.06. The van der Waals surface area contributed by atoms with Crippen molar-refractivity contribution in [3.8, 4) is 5.75 Å². The number of primary amides is 1. The van der Waals surface area contributed by atoms with Gasteiger partial charge in [0.1, 0.15) is 22.8 Å². The Morgan fingerprint density at radius 3 is 2.68 bits per heavy atom. The van der Waals surface area contributed by atoms with Crippen molar-refractivity contribution in [2.24, 2.45) is 17.6 Å². The molecule has 0 aliphatic heterocycles. The maximum absolute atomic E-state index is 13.4. The number of ketones is 2. The molecule has 0 fully saturated rings. The summed E-state index contributed by atoms with van der Waals surface area (Å²) in [4.78, 5) is 38.0. The molecule has 5 N–H and O–H groups in total. The van der Waals surface area contributed by atoms with E-state index in [1.54, 1.807) is 12.1 Å². The lowest BCUT2D eigenvalue weighted by Gasteiger charge is -2.45. The summed E-state index contributed by atoms with van der Waals surface area (Å²) in [5.41, 5.74) is 3.03. The van der Waals surface area contributed by atoms with Crippen molar-refractivity contribution in [3.05, 3.63) is 52.0 Å². The maximum atomic E-state index is 13.4. The summed E-state index contributed by atoms with van der Waals surface area (Å²) >= 11 is 0. The first kappa shape index (κ1) is 21.1. The maximum Gasteiger partial charge on any atom is 0.255 e. The molecule has 1 aromatic carbocycles. The summed E-state index contributed by atoms with van der Waals surface area (Å²) < 4.78 is 5.79. The van der Waals surface area contributed by atoms with E-state index in [0.29, 0.717) is 24.3 Å². The lowest BCUT2D eigenvalue weighted by Crippen LogP contribution is -2.57. The molecule has 3 aliphatic carbocycles. The number of benzene rings is 1. The van der Waals surface area contributed by atoms with E-state index < -0.39 is 52.0 Å². The van der Waals surface area contributed by atoms with Gasteiger partial charge in [0.2, 0.25) is 5.78 Å². The van der Waals surface area contributed by atoms with Gasteiger partial charge < -0.3 is 25.8 Å². The highest BCUT2D eigenvalue weighted by Crippen LogP contribution is 2.51. The van der Waals surface area contributed by atoms with Gasteiger partial charge in [0, 0.05) is 17.9 Å². The highest BCUT2D eigenvalue weighted by atomic mass is 16.5. The molecule has 164 valence electrons. The molecule has 8 heteroatoms. The van der Waals surface area contributed by atoms with Crippen LogP contribution < -0.4 is 10.5 Å². The molecule has 4 rings (SSSR count). The zero-order valence-electron chi connectivity index (χ0n) is 17.2. The SMILES string of the molecule is CCCCOc1cccc2c1C(=O)C1=C(O)[C@]3(O)C(=O)C(C(N)=O)=C(O)C[C@@H]3C[C@@H]1C2. The van der Waals surface area contributed by atoms with Crippen LogP contribution >= 0.6 is 0 Å². The van der Waals surface area contributed by atoms with Gasteiger partial charge in [0.15, 0.2) is 11.4 Å². The van der Waals surface area contributed by atoms with Crippen LogP contribution in [0.25, 0.3) is 0 Å². The molecular weight excluding hydrogens is 402 g/mol. The average Bonchev–Trinajstić information content (AvgIpc) is 2.70. The van der Waals surface area contributed by atoms with Crippen LogP contribution in [0.5, 0.6) is 5.75 Å². The summed E-state index contributed by atoms with van der Waals surface area (Å²) in [5, 5.41) is 32.4. The van der Waals surface area contributed by atoms with E-state index in [4.69, 9.17) is 10.5 Å². The van der Waals surface area contributed by atoms with Crippen LogP contribution in [0.4, 0.5) is 0 Å². The Kier molecular flexibility index (Phi) is 5.13. The normalized spacial score (nSPS) is 27.5. The Labute approximate surface area is 179 Å². The van der Waals surface area contributed by atoms with Gasteiger partial charge in [-0.3, -0.25) is 14.4 Å². The number of aliphatic hydroxyl groups excluding tert-OH is 2. The second-order valence-corrected chi connectivity index (χ2v) is 8.40. The summed E-state index contributed by atoms with van der Waals surface area (Å²) in [7, 11) is 0. The van der Waals surface area contributed by atoms with Gasteiger partial charge in [-0.05, 0) is 36.8 Å². The predicted molar refractivity (Wildman–Crippen MR) is 110 cm³/mol. The first-order valence-corrected chi connectivity index (χ1v) is 10.4. The number of rotatable bonds is 5. The Balaban J connectivity index is 1.81. The molecular formula is C23H25NO7. The van der Waals surface area contributed by atoms with Gasteiger partial charge in [0.25, 0.3) is 5.91 Å².